The molecule has 6 N–H and O–H groups in total. The summed E-state index contributed by atoms with van der Waals surface area (Å²) in [6.07, 6.45) is 42.9. The molecule has 0 spiro atoms. The summed E-state index contributed by atoms with van der Waals surface area (Å²) in [6.45, 7) is 3.23. The fraction of sp³-hybridized carbons (Fsp3) is 0.821. The second-order valence-corrected chi connectivity index (χ2v) is 20.8. The van der Waals surface area contributed by atoms with Crippen molar-refractivity contribution in [3.05, 3.63) is 48.6 Å². The van der Waals surface area contributed by atoms with Gasteiger partial charge in [-0.3, -0.25) is 18.6 Å². The fourth-order valence-corrected chi connectivity index (χ4v) is 9.49. The first-order valence-corrected chi connectivity index (χ1v) is 29.4. The lowest BCUT2D eigenvalue weighted by atomic mass is 9.85. The van der Waals surface area contributed by atoms with Crippen LogP contribution in [-0.2, 0) is 32.7 Å². The van der Waals surface area contributed by atoms with Crippen molar-refractivity contribution < 1.29 is 63.1 Å². The SMILES string of the molecule is CC/C=C\C/C=C\C/C=C\C/C=C\CCCCCCCCCCC(=O)OC(COC(=O)CCCCCCCCCCCCCCCCCCCCCC)COP(=O)(O)OC1C(O)C(O)C(O)C(O)C1O. The van der Waals surface area contributed by atoms with Gasteiger partial charge in [0.2, 0.25) is 0 Å². The number of unbranched alkanes of at least 4 members (excludes halogenated alkanes) is 27. The van der Waals surface area contributed by atoms with Gasteiger partial charge < -0.3 is 39.9 Å². The first-order chi connectivity index (χ1) is 33.9. The van der Waals surface area contributed by atoms with E-state index in [2.05, 4.69) is 62.5 Å². The molecule has 0 aromatic carbocycles. The van der Waals surface area contributed by atoms with Crippen LogP contribution in [0.5, 0.6) is 0 Å². The van der Waals surface area contributed by atoms with Gasteiger partial charge in [-0.15, -0.1) is 0 Å². The second-order valence-electron chi connectivity index (χ2n) is 19.4. The van der Waals surface area contributed by atoms with Gasteiger partial charge in [-0.2, -0.15) is 0 Å². The first kappa shape index (κ1) is 65.8. The van der Waals surface area contributed by atoms with Gasteiger partial charge in [0.25, 0.3) is 0 Å². The largest absolute Gasteiger partial charge is 0.472 e. The fourth-order valence-electron chi connectivity index (χ4n) is 8.52. The number of carbonyl (C=O) groups excluding carboxylic acids is 2. The van der Waals surface area contributed by atoms with Gasteiger partial charge in [-0.1, -0.05) is 223 Å². The van der Waals surface area contributed by atoms with Crippen molar-refractivity contribution in [2.24, 2.45) is 0 Å². The topological polar surface area (TPSA) is 210 Å². The van der Waals surface area contributed by atoms with Crippen LogP contribution in [0.2, 0.25) is 0 Å². The first-order valence-electron chi connectivity index (χ1n) is 27.9. The van der Waals surface area contributed by atoms with Crippen molar-refractivity contribution in [1.29, 1.82) is 0 Å². The zero-order chi connectivity index (χ0) is 51.3. The highest BCUT2D eigenvalue weighted by molar-refractivity contribution is 7.47. The Hall–Kier alpha value is -2.19. The van der Waals surface area contributed by atoms with Gasteiger partial charge in [0.05, 0.1) is 6.61 Å². The highest BCUT2D eigenvalue weighted by Gasteiger charge is 2.51. The predicted octanol–water partition coefficient (Wildman–Crippen LogP) is 12.7. The molecule has 6 atom stereocenters. The molecular weight excluding hydrogens is 912 g/mol. The smallest absolute Gasteiger partial charge is 0.462 e. The minimum absolute atomic E-state index is 0.0879. The van der Waals surface area contributed by atoms with E-state index < -0.39 is 75.7 Å². The summed E-state index contributed by atoms with van der Waals surface area (Å²) in [7, 11) is -5.13. The normalized spacial score (nSPS) is 21.1. The van der Waals surface area contributed by atoms with E-state index in [9.17, 15) is 44.6 Å². The maximum absolute atomic E-state index is 12.9. The molecule has 1 saturated carbocycles. The number of carbonyl (C=O) groups is 2. The predicted molar refractivity (Wildman–Crippen MR) is 281 cm³/mol. The monoisotopic (exact) mass is 1010 g/mol. The molecule has 0 saturated heterocycles. The third-order valence-electron chi connectivity index (χ3n) is 12.9. The Labute approximate surface area is 424 Å². The molecule has 0 aromatic heterocycles. The van der Waals surface area contributed by atoms with Crippen molar-refractivity contribution in [2.45, 2.75) is 281 Å². The number of hydrogen-bond acceptors (Lipinski definition) is 12. The molecule has 1 aliphatic carbocycles. The lowest BCUT2D eigenvalue weighted by Gasteiger charge is -2.41. The molecular formula is C56H101O13P. The lowest BCUT2D eigenvalue weighted by molar-refractivity contribution is -0.220. The van der Waals surface area contributed by atoms with Gasteiger partial charge in [0, 0.05) is 12.8 Å². The molecule has 13 nitrogen and oxygen atoms in total. The summed E-state index contributed by atoms with van der Waals surface area (Å²) in [5, 5.41) is 50.4. The molecule has 0 bridgehead atoms. The van der Waals surface area contributed by atoms with Crippen molar-refractivity contribution in [3.63, 3.8) is 0 Å². The van der Waals surface area contributed by atoms with E-state index in [1.807, 2.05) is 0 Å². The van der Waals surface area contributed by atoms with E-state index in [4.69, 9.17) is 18.5 Å². The van der Waals surface area contributed by atoms with Crippen LogP contribution >= 0.6 is 7.82 Å². The average molecular weight is 1010 g/mol. The number of esters is 2. The van der Waals surface area contributed by atoms with Crippen LogP contribution in [0.25, 0.3) is 0 Å². The van der Waals surface area contributed by atoms with E-state index in [1.54, 1.807) is 0 Å². The summed E-state index contributed by atoms with van der Waals surface area (Å²) >= 11 is 0. The summed E-state index contributed by atoms with van der Waals surface area (Å²) in [5.41, 5.74) is 0. The average Bonchev–Trinajstić information content (AvgIpc) is 3.34. The van der Waals surface area contributed by atoms with Gasteiger partial charge in [0.1, 0.15) is 43.2 Å². The van der Waals surface area contributed by atoms with Crippen LogP contribution in [0.15, 0.2) is 48.6 Å². The van der Waals surface area contributed by atoms with Crippen molar-refractivity contribution in [3.8, 4) is 0 Å². The molecule has 1 fully saturated rings. The maximum Gasteiger partial charge on any atom is 0.472 e. The summed E-state index contributed by atoms with van der Waals surface area (Å²) in [6, 6.07) is 0. The minimum atomic E-state index is -5.13. The third kappa shape index (κ3) is 36.7. The number of phosphoric acid groups is 1. The summed E-state index contributed by atoms with van der Waals surface area (Å²) < 4.78 is 33.7. The second kappa shape index (κ2) is 45.4. The Bertz CT molecular complexity index is 1400. The number of hydrogen-bond donors (Lipinski definition) is 6. The number of aliphatic hydroxyl groups is 5. The molecule has 0 amide bonds. The van der Waals surface area contributed by atoms with Gasteiger partial charge in [-0.05, 0) is 51.4 Å². The van der Waals surface area contributed by atoms with E-state index in [-0.39, 0.29) is 12.8 Å². The van der Waals surface area contributed by atoms with Crippen molar-refractivity contribution >= 4 is 19.8 Å². The van der Waals surface area contributed by atoms with Crippen LogP contribution in [0.3, 0.4) is 0 Å². The Kier molecular flexibility index (Phi) is 42.7. The molecule has 1 rings (SSSR count). The summed E-state index contributed by atoms with van der Waals surface area (Å²) in [4.78, 5) is 35.9. The zero-order valence-corrected chi connectivity index (χ0v) is 44.7. The van der Waals surface area contributed by atoms with E-state index in [1.165, 1.54) is 116 Å². The number of ether oxygens (including phenoxy) is 2. The molecule has 0 radical (unpaired) electrons. The molecule has 0 aliphatic heterocycles. The Morgan fingerprint density at radius 2 is 0.814 bits per heavy atom. The minimum Gasteiger partial charge on any atom is -0.462 e. The molecule has 14 heteroatoms. The third-order valence-corrected chi connectivity index (χ3v) is 13.9. The highest BCUT2D eigenvalue weighted by Crippen LogP contribution is 2.47. The molecule has 70 heavy (non-hydrogen) atoms. The standard InChI is InChI=1S/C56H101O13P/c1-3-5-7-9-11-13-15-17-19-21-23-25-27-29-31-33-35-37-39-41-43-45-50(58)68-48(47-67-70(64,65)69-56-54(62)52(60)51(59)53(61)55(56)63)46-66-49(57)44-42-40-38-36-34-32-30-28-26-24-22-20-18-16-14-12-10-8-6-4-2/h5,7,11,13,17,19,23,25,48,51-56,59-63H,3-4,6,8-10,12,14-16,18,20-22,24,26-47H2,1-2H3,(H,64,65)/b7-5-,13-11-,19-17-,25-23-. The quantitative estimate of drug-likeness (QED) is 0.0145. The zero-order valence-electron chi connectivity index (χ0n) is 43.8. The molecule has 6 unspecified atom stereocenters. The molecule has 0 heterocycles. The van der Waals surface area contributed by atoms with Crippen molar-refractivity contribution in [1.82, 2.24) is 0 Å². The number of allylic oxidation sites excluding steroid dienone is 8. The molecule has 0 aromatic rings. The van der Waals surface area contributed by atoms with E-state index >= 15 is 0 Å². The Morgan fingerprint density at radius 1 is 0.457 bits per heavy atom. The lowest BCUT2D eigenvalue weighted by Crippen LogP contribution is -2.64. The summed E-state index contributed by atoms with van der Waals surface area (Å²) in [5.74, 6) is -1.10. The number of rotatable bonds is 47. The maximum atomic E-state index is 12.9. The van der Waals surface area contributed by atoms with E-state index in [0.717, 1.165) is 83.5 Å². The van der Waals surface area contributed by atoms with E-state index in [0.29, 0.717) is 12.8 Å². The Morgan fingerprint density at radius 3 is 1.24 bits per heavy atom. The van der Waals surface area contributed by atoms with Crippen LogP contribution in [0.1, 0.15) is 239 Å². The van der Waals surface area contributed by atoms with Crippen molar-refractivity contribution in [2.75, 3.05) is 13.2 Å². The van der Waals surface area contributed by atoms with Gasteiger partial charge >= 0.3 is 19.8 Å². The highest BCUT2D eigenvalue weighted by atomic mass is 31.2. The molecule has 1 aliphatic rings. The van der Waals surface area contributed by atoms with Crippen LogP contribution in [0, 0.1) is 0 Å². The number of aliphatic hydroxyl groups excluding tert-OH is 5. The Balaban J connectivity index is 2.35. The van der Waals surface area contributed by atoms with Gasteiger partial charge in [-0.25, -0.2) is 4.57 Å². The van der Waals surface area contributed by atoms with Crippen LogP contribution < -0.4 is 0 Å². The van der Waals surface area contributed by atoms with Crippen LogP contribution in [0.4, 0.5) is 0 Å². The number of phosphoric ester groups is 1. The molecule has 408 valence electrons. The van der Waals surface area contributed by atoms with Gasteiger partial charge in [0.15, 0.2) is 6.10 Å². The van der Waals surface area contributed by atoms with Crippen LogP contribution in [-0.4, -0.2) is 98.3 Å².